The quantitative estimate of drug-likeness (QED) is 0.807. The van der Waals surface area contributed by atoms with Crippen molar-refractivity contribution in [2.45, 2.75) is 45.1 Å². The van der Waals surface area contributed by atoms with Gasteiger partial charge in [0.15, 0.2) is 9.84 Å². The normalized spacial score (nSPS) is 21.2. The van der Waals surface area contributed by atoms with E-state index in [2.05, 4.69) is 0 Å². The zero-order chi connectivity index (χ0) is 17.4. The van der Waals surface area contributed by atoms with Crippen molar-refractivity contribution >= 4 is 19.9 Å². The van der Waals surface area contributed by atoms with Gasteiger partial charge in [-0.2, -0.15) is 4.31 Å². The largest absolute Gasteiger partial charge is 0.243 e. The maximum Gasteiger partial charge on any atom is 0.243 e. The molecule has 0 saturated carbocycles. The third kappa shape index (κ3) is 4.14. The molecule has 1 atom stereocenters. The highest BCUT2D eigenvalue weighted by Gasteiger charge is 2.39. The Balaban J connectivity index is 2.47. The van der Waals surface area contributed by atoms with E-state index in [9.17, 15) is 16.8 Å². The van der Waals surface area contributed by atoms with Crippen LogP contribution in [0, 0.1) is 19.8 Å². The molecule has 23 heavy (non-hydrogen) atoms. The molecule has 1 unspecified atom stereocenters. The van der Waals surface area contributed by atoms with Gasteiger partial charge in [-0.3, -0.25) is 0 Å². The van der Waals surface area contributed by atoms with Crippen molar-refractivity contribution < 1.29 is 16.8 Å². The van der Waals surface area contributed by atoms with E-state index in [1.54, 1.807) is 19.1 Å². The molecule has 0 N–H and O–H groups in total. The molecule has 0 aromatic heterocycles. The molecule has 0 amide bonds. The third-order valence-electron chi connectivity index (χ3n) is 4.09. The second kappa shape index (κ2) is 6.53. The maximum atomic E-state index is 13.2. The van der Waals surface area contributed by atoms with Gasteiger partial charge < -0.3 is 0 Å². The molecule has 0 bridgehead atoms. The molecule has 1 aromatic rings. The summed E-state index contributed by atoms with van der Waals surface area (Å²) in [6, 6.07) is 4.87. The lowest BCUT2D eigenvalue weighted by atomic mass is 10.2. The van der Waals surface area contributed by atoms with Gasteiger partial charge in [-0.05, 0) is 43.4 Å². The molecule has 1 fully saturated rings. The Morgan fingerprint density at radius 2 is 1.91 bits per heavy atom. The number of sulfonamides is 1. The van der Waals surface area contributed by atoms with Crippen LogP contribution in [0.4, 0.5) is 0 Å². The van der Waals surface area contributed by atoms with Gasteiger partial charge in [0.25, 0.3) is 0 Å². The molecule has 1 heterocycles. The summed E-state index contributed by atoms with van der Waals surface area (Å²) < 4.78 is 51.3. The summed E-state index contributed by atoms with van der Waals surface area (Å²) in [6.45, 7) is 7.83. The number of hydrogen-bond acceptors (Lipinski definition) is 4. The molecule has 7 heteroatoms. The summed E-state index contributed by atoms with van der Waals surface area (Å²) in [4.78, 5) is 0.280. The molecule has 0 spiro atoms. The zero-order valence-electron chi connectivity index (χ0n) is 14.1. The van der Waals surface area contributed by atoms with E-state index < -0.39 is 25.9 Å². The summed E-state index contributed by atoms with van der Waals surface area (Å²) in [5, 5.41) is 0. The molecule has 1 aromatic carbocycles. The minimum atomic E-state index is -3.71. The summed E-state index contributed by atoms with van der Waals surface area (Å²) >= 11 is 0. The van der Waals surface area contributed by atoms with Gasteiger partial charge >= 0.3 is 0 Å². The molecule has 0 aliphatic carbocycles. The van der Waals surface area contributed by atoms with Gasteiger partial charge in [0.1, 0.15) is 0 Å². The standard InChI is InChI=1S/C16H25NO4S2/c1-12(2)10-17(15-7-8-22(18,19)11-15)23(20,21)16-9-13(3)5-6-14(16)4/h5-6,9,12,15H,7-8,10-11H2,1-4H3. The maximum absolute atomic E-state index is 13.2. The monoisotopic (exact) mass is 359 g/mol. The highest BCUT2D eigenvalue weighted by Crippen LogP contribution is 2.28. The molecular weight excluding hydrogens is 334 g/mol. The molecule has 5 nitrogen and oxygen atoms in total. The van der Waals surface area contributed by atoms with E-state index in [1.807, 2.05) is 26.8 Å². The number of hydrogen-bond donors (Lipinski definition) is 0. The van der Waals surface area contributed by atoms with Crippen LogP contribution in [0.5, 0.6) is 0 Å². The molecule has 2 rings (SSSR count). The summed E-state index contributed by atoms with van der Waals surface area (Å²) in [5.41, 5.74) is 1.56. The lowest BCUT2D eigenvalue weighted by Gasteiger charge is -2.29. The van der Waals surface area contributed by atoms with Crippen molar-refractivity contribution in [3.8, 4) is 0 Å². The van der Waals surface area contributed by atoms with E-state index in [0.29, 0.717) is 18.5 Å². The highest BCUT2D eigenvalue weighted by atomic mass is 32.2. The van der Waals surface area contributed by atoms with E-state index >= 15 is 0 Å². The van der Waals surface area contributed by atoms with E-state index in [-0.39, 0.29) is 22.3 Å². The molecule has 0 radical (unpaired) electrons. The first-order valence-electron chi connectivity index (χ1n) is 7.82. The average Bonchev–Trinajstić information content (AvgIpc) is 2.78. The van der Waals surface area contributed by atoms with Crippen LogP contribution in [0.2, 0.25) is 0 Å². The lowest BCUT2D eigenvalue weighted by Crippen LogP contribution is -2.43. The fraction of sp³-hybridized carbons (Fsp3) is 0.625. The lowest BCUT2D eigenvalue weighted by molar-refractivity contribution is 0.307. The summed E-state index contributed by atoms with van der Waals surface area (Å²) in [6.07, 6.45) is 0.374. The van der Waals surface area contributed by atoms with Crippen LogP contribution in [0.15, 0.2) is 23.1 Å². The second-order valence-corrected chi connectivity index (χ2v) is 10.9. The highest BCUT2D eigenvalue weighted by molar-refractivity contribution is 7.92. The summed E-state index contributed by atoms with van der Waals surface area (Å²) in [7, 11) is -6.86. The van der Waals surface area contributed by atoms with Gasteiger partial charge in [0.05, 0.1) is 16.4 Å². The number of rotatable bonds is 5. The van der Waals surface area contributed by atoms with Gasteiger partial charge in [0.2, 0.25) is 10.0 Å². The Labute approximate surface area is 139 Å². The number of nitrogens with zero attached hydrogens (tertiary/aromatic N) is 1. The van der Waals surface area contributed by atoms with Crippen LogP contribution in [-0.2, 0) is 19.9 Å². The van der Waals surface area contributed by atoms with Crippen LogP contribution in [0.25, 0.3) is 0 Å². The van der Waals surface area contributed by atoms with Crippen LogP contribution < -0.4 is 0 Å². The second-order valence-electron chi connectivity index (χ2n) is 6.79. The Bertz CT molecular complexity index is 782. The van der Waals surface area contributed by atoms with Gasteiger partial charge in [-0.1, -0.05) is 26.0 Å². The predicted octanol–water partition coefficient (Wildman–Crippen LogP) is 2.14. The van der Waals surface area contributed by atoms with Crippen LogP contribution >= 0.6 is 0 Å². The molecule has 130 valence electrons. The Morgan fingerprint density at radius 3 is 2.43 bits per heavy atom. The Hall–Kier alpha value is -0.920. The fourth-order valence-corrected chi connectivity index (χ4v) is 6.87. The van der Waals surface area contributed by atoms with Crippen molar-refractivity contribution in [2.24, 2.45) is 5.92 Å². The summed E-state index contributed by atoms with van der Waals surface area (Å²) in [5.74, 6) is 0.108. The number of aryl methyl sites for hydroxylation is 2. The van der Waals surface area contributed by atoms with Gasteiger partial charge in [0, 0.05) is 12.6 Å². The molecule has 1 aliphatic heterocycles. The SMILES string of the molecule is Cc1ccc(C)c(S(=O)(=O)N(CC(C)C)C2CCS(=O)(=O)C2)c1. The van der Waals surface area contributed by atoms with Gasteiger partial charge in [-0.15, -0.1) is 0 Å². The van der Waals surface area contributed by atoms with E-state index in [1.165, 1.54) is 4.31 Å². The van der Waals surface area contributed by atoms with Crippen molar-refractivity contribution in [3.63, 3.8) is 0 Å². The number of benzene rings is 1. The first kappa shape index (κ1) is 18.4. The first-order valence-corrected chi connectivity index (χ1v) is 11.1. The molecule has 1 saturated heterocycles. The van der Waals surface area contributed by atoms with Gasteiger partial charge in [-0.25, -0.2) is 16.8 Å². The molecule has 1 aliphatic rings. The smallest absolute Gasteiger partial charge is 0.229 e. The zero-order valence-corrected chi connectivity index (χ0v) is 15.7. The predicted molar refractivity (Wildman–Crippen MR) is 91.7 cm³/mol. The Kier molecular flexibility index (Phi) is 5.23. The number of sulfone groups is 1. The van der Waals surface area contributed by atoms with Crippen LogP contribution in [-0.4, -0.2) is 45.2 Å². The van der Waals surface area contributed by atoms with E-state index in [0.717, 1.165) is 5.56 Å². The first-order chi connectivity index (χ1) is 10.5. The van der Waals surface area contributed by atoms with Crippen molar-refractivity contribution in [1.82, 2.24) is 4.31 Å². The van der Waals surface area contributed by atoms with Crippen molar-refractivity contribution in [3.05, 3.63) is 29.3 Å². The topological polar surface area (TPSA) is 71.5 Å². The Morgan fingerprint density at radius 1 is 1.26 bits per heavy atom. The van der Waals surface area contributed by atoms with Crippen molar-refractivity contribution in [1.29, 1.82) is 0 Å². The van der Waals surface area contributed by atoms with Crippen LogP contribution in [0.3, 0.4) is 0 Å². The third-order valence-corrected chi connectivity index (χ3v) is 7.90. The minimum Gasteiger partial charge on any atom is -0.229 e. The average molecular weight is 360 g/mol. The minimum absolute atomic E-state index is 0.0641. The van der Waals surface area contributed by atoms with Crippen LogP contribution in [0.1, 0.15) is 31.4 Å². The van der Waals surface area contributed by atoms with Crippen molar-refractivity contribution in [2.75, 3.05) is 18.1 Å². The molecular formula is C16H25NO4S2. The van der Waals surface area contributed by atoms with E-state index in [4.69, 9.17) is 0 Å². The fourth-order valence-electron chi connectivity index (χ4n) is 2.92.